The molecule has 0 aliphatic carbocycles. The van der Waals surface area contributed by atoms with Gasteiger partial charge in [0.1, 0.15) is 11.6 Å². The van der Waals surface area contributed by atoms with E-state index >= 15 is 0 Å². The summed E-state index contributed by atoms with van der Waals surface area (Å²) in [6.07, 6.45) is 2.64. The van der Waals surface area contributed by atoms with E-state index in [9.17, 15) is 9.59 Å². The second-order valence-electron chi connectivity index (χ2n) is 5.86. The van der Waals surface area contributed by atoms with Crippen LogP contribution in [0.3, 0.4) is 0 Å². The summed E-state index contributed by atoms with van der Waals surface area (Å²) in [6.45, 7) is 8.24. The molecule has 1 N–H and O–H groups in total. The minimum absolute atomic E-state index is 0.00472. The highest BCUT2D eigenvalue weighted by Crippen LogP contribution is 2.27. The van der Waals surface area contributed by atoms with Gasteiger partial charge in [-0.3, -0.25) is 9.59 Å². The molecule has 108 valence electrons. The van der Waals surface area contributed by atoms with E-state index in [0.717, 1.165) is 19.4 Å². The Morgan fingerprint density at radius 1 is 1.53 bits per heavy atom. The topological polar surface area (TPSA) is 58.6 Å². The lowest BCUT2D eigenvalue weighted by Crippen LogP contribution is -2.70. The van der Waals surface area contributed by atoms with E-state index in [0.29, 0.717) is 6.42 Å². The molecule has 19 heavy (non-hydrogen) atoms. The van der Waals surface area contributed by atoms with Gasteiger partial charge < -0.3 is 15.0 Å². The average molecular weight is 268 g/mol. The molecule has 0 bridgehead atoms. The van der Waals surface area contributed by atoms with E-state index in [4.69, 9.17) is 4.74 Å². The van der Waals surface area contributed by atoms with Crippen molar-refractivity contribution in [3.05, 3.63) is 0 Å². The maximum atomic E-state index is 12.7. The Bertz CT molecular complexity index is 379. The number of piperazine rings is 1. The third kappa shape index (κ3) is 2.36. The first-order valence-corrected chi connectivity index (χ1v) is 7.17. The van der Waals surface area contributed by atoms with Crippen LogP contribution in [-0.4, -0.2) is 47.0 Å². The molecule has 0 radical (unpaired) electrons. The van der Waals surface area contributed by atoms with Gasteiger partial charge in [-0.1, -0.05) is 6.92 Å². The molecule has 2 fully saturated rings. The number of nitrogens with one attached hydrogen (secondary N) is 1. The molecule has 2 amide bonds. The first kappa shape index (κ1) is 14.3. The van der Waals surface area contributed by atoms with Crippen molar-refractivity contribution >= 4 is 11.8 Å². The maximum absolute atomic E-state index is 12.7. The molecule has 2 rings (SSSR count). The van der Waals surface area contributed by atoms with Crippen LogP contribution in [0, 0.1) is 0 Å². The minimum atomic E-state index is -0.781. The molecule has 0 aromatic rings. The van der Waals surface area contributed by atoms with Crippen molar-refractivity contribution in [3.63, 3.8) is 0 Å². The Labute approximate surface area is 114 Å². The number of rotatable bonds is 3. The molecule has 0 aromatic heterocycles. The van der Waals surface area contributed by atoms with E-state index in [-0.39, 0.29) is 24.0 Å². The number of hydrogen-bond donors (Lipinski definition) is 1. The highest BCUT2D eigenvalue weighted by atomic mass is 16.5. The predicted octanol–water partition coefficient (Wildman–Crippen LogP) is 1.07. The molecule has 4 unspecified atom stereocenters. The largest absolute Gasteiger partial charge is 0.376 e. The van der Waals surface area contributed by atoms with Gasteiger partial charge in [-0.2, -0.15) is 0 Å². The lowest BCUT2D eigenvalue weighted by atomic mass is 9.90. The van der Waals surface area contributed by atoms with Crippen molar-refractivity contribution < 1.29 is 14.3 Å². The van der Waals surface area contributed by atoms with Gasteiger partial charge in [0.25, 0.3) is 0 Å². The van der Waals surface area contributed by atoms with Gasteiger partial charge in [-0.25, -0.2) is 0 Å². The Kier molecular flexibility index (Phi) is 3.85. The maximum Gasteiger partial charge on any atom is 0.249 e. The van der Waals surface area contributed by atoms with Gasteiger partial charge in [0, 0.05) is 6.61 Å². The van der Waals surface area contributed by atoms with E-state index in [1.807, 2.05) is 13.8 Å². The highest BCUT2D eigenvalue weighted by molar-refractivity contribution is 5.99. The van der Waals surface area contributed by atoms with Crippen LogP contribution in [0.2, 0.25) is 0 Å². The Morgan fingerprint density at radius 2 is 2.21 bits per heavy atom. The summed E-state index contributed by atoms with van der Waals surface area (Å²) >= 11 is 0. The summed E-state index contributed by atoms with van der Waals surface area (Å²) in [5.41, 5.74) is -0.781. The van der Waals surface area contributed by atoms with Crippen molar-refractivity contribution in [2.45, 2.75) is 70.7 Å². The standard InChI is InChI=1S/C14H24N2O3/c1-5-14(4)13(18)16(10(3)12(17)15-14)9(2)11-7-6-8-19-11/h9-11H,5-8H2,1-4H3,(H,15,17). The minimum Gasteiger partial charge on any atom is -0.376 e. The average Bonchev–Trinajstić information content (AvgIpc) is 2.90. The lowest BCUT2D eigenvalue weighted by Gasteiger charge is -2.46. The van der Waals surface area contributed by atoms with Crippen molar-refractivity contribution in [2.75, 3.05) is 6.61 Å². The first-order valence-electron chi connectivity index (χ1n) is 7.17. The fourth-order valence-electron chi connectivity index (χ4n) is 2.96. The second-order valence-corrected chi connectivity index (χ2v) is 5.86. The normalized spacial score (nSPS) is 37.4. The molecule has 4 atom stereocenters. The molecule has 0 aromatic carbocycles. The number of carbonyl (C=O) groups excluding carboxylic acids is 2. The van der Waals surface area contributed by atoms with Gasteiger partial charge in [0.15, 0.2) is 0 Å². The van der Waals surface area contributed by atoms with Crippen LogP contribution in [0.15, 0.2) is 0 Å². The fourth-order valence-corrected chi connectivity index (χ4v) is 2.96. The molecule has 5 nitrogen and oxygen atoms in total. The fraction of sp³-hybridized carbons (Fsp3) is 0.857. The summed E-state index contributed by atoms with van der Waals surface area (Å²) in [5.74, 6) is -0.0705. The SMILES string of the molecule is CCC1(C)NC(=O)C(C)N(C(C)C2CCCO2)C1=O. The van der Waals surface area contributed by atoms with Gasteiger partial charge in [0.2, 0.25) is 11.8 Å². The van der Waals surface area contributed by atoms with E-state index in [1.165, 1.54) is 0 Å². The van der Waals surface area contributed by atoms with Gasteiger partial charge in [-0.05, 0) is 40.0 Å². The van der Waals surface area contributed by atoms with Crippen molar-refractivity contribution in [3.8, 4) is 0 Å². The van der Waals surface area contributed by atoms with E-state index < -0.39 is 11.6 Å². The zero-order valence-electron chi connectivity index (χ0n) is 12.2. The second kappa shape index (κ2) is 5.12. The van der Waals surface area contributed by atoms with Crippen LogP contribution < -0.4 is 5.32 Å². The predicted molar refractivity (Wildman–Crippen MR) is 71.6 cm³/mol. The zero-order chi connectivity index (χ0) is 14.2. The molecule has 2 aliphatic heterocycles. The molecule has 2 saturated heterocycles. The summed E-state index contributed by atoms with van der Waals surface area (Å²) in [7, 11) is 0. The number of ether oxygens (including phenoxy) is 1. The van der Waals surface area contributed by atoms with Crippen molar-refractivity contribution in [1.29, 1.82) is 0 Å². The molecule has 0 saturated carbocycles. The molecular formula is C14H24N2O3. The van der Waals surface area contributed by atoms with E-state index in [1.54, 1.807) is 18.7 Å². The van der Waals surface area contributed by atoms with Crippen LogP contribution in [0.4, 0.5) is 0 Å². The third-order valence-electron chi connectivity index (χ3n) is 4.55. The van der Waals surface area contributed by atoms with Gasteiger partial charge in [-0.15, -0.1) is 0 Å². The van der Waals surface area contributed by atoms with Gasteiger partial charge in [0.05, 0.1) is 12.1 Å². The van der Waals surface area contributed by atoms with Crippen LogP contribution >= 0.6 is 0 Å². The molecule has 2 aliphatic rings. The molecular weight excluding hydrogens is 244 g/mol. The van der Waals surface area contributed by atoms with Crippen molar-refractivity contribution in [2.24, 2.45) is 0 Å². The Morgan fingerprint density at radius 3 is 2.74 bits per heavy atom. The van der Waals surface area contributed by atoms with Crippen LogP contribution in [-0.2, 0) is 14.3 Å². The lowest BCUT2D eigenvalue weighted by molar-refractivity contribution is -0.159. The summed E-state index contributed by atoms with van der Waals surface area (Å²) in [4.78, 5) is 26.5. The van der Waals surface area contributed by atoms with E-state index in [2.05, 4.69) is 5.32 Å². The number of nitrogens with zero attached hydrogens (tertiary/aromatic N) is 1. The smallest absolute Gasteiger partial charge is 0.249 e. The Balaban J connectivity index is 2.24. The zero-order valence-corrected chi connectivity index (χ0v) is 12.2. The molecule has 2 heterocycles. The monoisotopic (exact) mass is 268 g/mol. The van der Waals surface area contributed by atoms with Crippen LogP contribution in [0.1, 0.15) is 47.0 Å². The summed E-state index contributed by atoms with van der Waals surface area (Å²) < 4.78 is 5.68. The Hall–Kier alpha value is -1.10. The first-order chi connectivity index (χ1) is 8.90. The summed E-state index contributed by atoms with van der Waals surface area (Å²) in [5, 5.41) is 2.85. The van der Waals surface area contributed by atoms with Crippen LogP contribution in [0.25, 0.3) is 0 Å². The van der Waals surface area contributed by atoms with Crippen molar-refractivity contribution in [1.82, 2.24) is 10.2 Å². The number of amides is 2. The molecule has 0 spiro atoms. The quantitative estimate of drug-likeness (QED) is 0.833. The number of hydrogen-bond acceptors (Lipinski definition) is 3. The molecule has 5 heteroatoms. The summed E-state index contributed by atoms with van der Waals surface area (Å²) in [6, 6.07) is -0.478. The number of carbonyl (C=O) groups is 2. The highest BCUT2D eigenvalue weighted by Gasteiger charge is 2.48. The third-order valence-corrected chi connectivity index (χ3v) is 4.55. The van der Waals surface area contributed by atoms with Crippen LogP contribution in [0.5, 0.6) is 0 Å². The van der Waals surface area contributed by atoms with Gasteiger partial charge >= 0.3 is 0 Å².